The van der Waals surface area contributed by atoms with Gasteiger partial charge in [0.05, 0.1) is 24.5 Å². The van der Waals surface area contributed by atoms with E-state index in [1.165, 1.54) is 24.3 Å². The topological polar surface area (TPSA) is 151 Å². The zero-order valence-corrected chi connectivity index (χ0v) is 25.6. The average Bonchev–Trinajstić information content (AvgIpc) is 3.81. The number of aromatic nitrogens is 2. The Balaban J connectivity index is 1.31. The van der Waals surface area contributed by atoms with Gasteiger partial charge >= 0.3 is 0 Å². The second-order valence-electron chi connectivity index (χ2n) is 12.5. The van der Waals surface area contributed by atoms with E-state index in [0.29, 0.717) is 39.4 Å². The van der Waals surface area contributed by atoms with Gasteiger partial charge in [-0.15, -0.1) is 0 Å². The summed E-state index contributed by atoms with van der Waals surface area (Å²) in [6, 6.07) is 14.4. The third kappa shape index (κ3) is 6.31. The lowest BCUT2D eigenvalue weighted by Gasteiger charge is -2.27. The standard InChI is InChI=1S/C35H36FN3O7/c1-34(33(43)38-17-24(41)18-40)19-45-32-26(34)16-29(39-31(32)20-5-7-23(36)8-6-20)35(2,44)12-11-27(42)22-14-21-4-3-13-37-30(21)28(15-22)46-25-9-10-25/h3-8,13-16,24-25,40-41,44H,9-12,17-19H2,1-2H3,(H,38,43)/t24-,34-,35-/m0/s1. The van der Waals surface area contributed by atoms with Gasteiger partial charge in [-0.05, 0) is 81.6 Å². The van der Waals surface area contributed by atoms with E-state index in [1.54, 1.807) is 44.3 Å². The summed E-state index contributed by atoms with van der Waals surface area (Å²) in [5, 5.41) is 34.2. The van der Waals surface area contributed by atoms with Crippen LogP contribution in [0.3, 0.4) is 0 Å². The smallest absolute Gasteiger partial charge is 0.234 e. The molecule has 46 heavy (non-hydrogen) atoms. The average molecular weight is 630 g/mol. The number of rotatable bonds is 12. The second kappa shape index (κ2) is 12.4. The third-order valence-corrected chi connectivity index (χ3v) is 8.60. The minimum atomic E-state index is -1.61. The maximum atomic E-state index is 13.8. The van der Waals surface area contributed by atoms with Crippen molar-refractivity contribution in [2.75, 3.05) is 19.8 Å². The number of benzene rings is 2. The number of aliphatic hydroxyl groups excluding tert-OH is 2. The predicted molar refractivity (Wildman–Crippen MR) is 167 cm³/mol. The molecule has 1 fully saturated rings. The fourth-order valence-electron chi connectivity index (χ4n) is 5.53. The lowest BCUT2D eigenvalue weighted by Crippen LogP contribution is -2.46. The van der Waals surface area contributed by atoms with Crippen molar-refractivity contribution < 1.29 is 38.8 Å². The number of ketones is 1. The molecule has 0 radical (unpaired) electrons. The van der Waals surface area contributed by atoms with Crippen LogP contribution in [0.15, 0.2) is 60.8 Å². The number of halogens is 1. The van der Waals surface area contributed by atoms with Crippen LogP contribution in [-0.4, -0.2) is 68.9 Å². The van der Waals surface area contributed by atoms with E-state index in [0.717, 1.165) is 18.2 Å². The van der Waals surface area contributed by atoms with Gasteiger partial charge in [0.25, 0.3) is 0 Å². The molecule has 6 rings (SSSR count). The van der Waals surface area contributed by atoms with Gasteiger partial charge < -0.3 is 30.1 Å². The van der Waals surface area contributed by atoms with Crippen LogP contribution in [0.5, 0.6) is 11.5 Å². The molecule has 3 heterocycles. The molecule has 0 unspecified atom stereocenters. The zero-order chi connectivity index (χ0) is 32.6. The number of fused-ring (bicyclic) bond motifs is 2. The van der Waals surface area contributed by atoms with E-state index in [-0.39, 0.29) is 43.6 Å². The number of carbonyl (C=O) groups is 2. The molecule has 0 saturated heterocycles. The van der Waals surface area contributed by atoms with Crippen molar-refractivity contribution in [1.82, 2.24) is 15.3 Å². The minimum absolute atomic E-state index is 0.0107. The Labute approximate surface area is 265 Å². The van der Waals surface area contributed by atoms with Crippen molar-refractivity contribution in [2.24, 2.45) is 0 Å². The molecule has 1 saturated carbocycles. The zero-order valence-electron chi connectivity index (χ0n) is 25.6. The van der Waals surface area contributed by atoms with Crippen LogP contribution >= 0.6 is 0 Å². The third-order valence-electron chi connectivity index (χ3n) is 8.60. The lowest BCUT2D eigenvalue weighted by molar-refractivity contribution is -0.127. The fourth-order valence-corrected chi connectivity index (χ4v) is 5.53. The number of pyridine rings is 2. The van der Waals surface area contributed by atoms with Crippen molar-refractivity contribution >= 4 is 22.6 Å². The molecule has 4 N–H and O–H groups in total. The highest BCUT2D eigenvalue weighted by Gasteiger charge is 2.46. The maximum absolute atomic E-state index is 13.8. The van der Waals surface area contributed by atoms with Gasteiger partial charge in [-0.1, -0.05) is 6.07 Å². The molecule has 2 aromatic carbocycles. The Morgan fingerprint density at radius 3 is 2.67 bits per heavy atom. The van der Waals surface area contributed by atoms with E-state index in [2.05, 4.69) is 10.3 Å². The Hall–Kier alpha value is -4.45. The molecule has 1 aliphatic heterocycles. The normalized spacial score (nSPS) is 19.2. The number of hydrogen-bond donors (Lipinski definition) is 4. The highest BCUT2D eigenvalue weighted by atomic mass is 19.1. The lowest BCUT2D eigenvalue weighted by atomic mass is 9.81. The van der Waals surface area contributed by atoms with Crippen molar-refractivity contribution in [1.29, 1.82) is 0 Å². The summed E-state index contributed by atoms with van der Waals surface area (Å²) in [5.41, 5.74) is -0.229. The summed E-state index contributed by atoms with van der Waals surface area (Å²) in [6.45, 7) is 2.50. The van der Waals surface area contributed by atoms with Gasteiger partial charge in [-0.3, -0.25) is 14.6 Å². The van der Waals surface area contributed by atoms with Crippen LogP contribution in [0, 0.1) is 5.82 Å². The first-order chi connectivity index (χ1) is 22.0. The Bertz CT molecular complexity index is 1790. The molecule has 0 bridgehead atoms. The number of nitrogens with one attached hydrogen (secondary N) is 1. The van der Waals surface area contributed by atoms with E-state index in [1.807, 2.05) is 6.07 Å². The number of aliphatic hydroxyl groups is 3. The Kier molecular flexibility index (Phi) is 8.49. The quantitative estimate of drug-likeness (QED) is 0.171. The van der Waals surface area contributed by atoms with E-state index >= 15 is 0 Å². The SMILES string of the molecule is C[C@](O)(CCC(=O)c1cc(OC2CC2)c2ncccc2c1)c1cc2c(c(-c3ccc(F)cc3)n1)OC[C@]2(C)C(=O)NC[C@H](O)CO. The maximum Gasteiger partial charge on any atom is 0.234 e. The van der Waals surface area contributed by atoms with Gasteiger partial charge in [0.2, 0.25) is 5.91 Å². The van der Waals surface area contributed by atoms with Gasteiger partial charge in [-0.25, -0.2) is 9.37 Å². The summed E-state index contributed by atoms with van der Waals surface area (Å²) in [5.74, 6) is -0.211. The summed E-state index contributed by atoms with van der Waals surface area (Å²) in [7, 11) is 0. The van der Waals surface area contributed by atoms with Crippen LogP contribution in [0.25, 0.3) is 22.2 Å². The van der Waals surface area contributed by atoms with Crippen LogP contribution < -0.4 is 14.8 Å². The number of carbonyl (C=O) groups excluding carboxylic acids is 2. The first-order valence-electron chi connectivity index (χ1n) is 15.3. The summed E-state index contributed by atoms with van der Waals surface area (Å²) < 4.78 is 25.9. The first kappa shape index (κ1) is 31.5. The number of Topliss-reactive ketones (excluding diaryl/α,β-unsaturated/α-hetero) is 1. The molecule has 2 aromatic heterocycles. The van der Waals surface area contributed by atoms with Crippen molar-refractivity contribution in [3.63, 3.8) is 0 Å². The van der Waals surface area contributed by atoms with Crippen molar-refractivity contribution in [3.05, 3.63) is 83.4 Å². The molecule has 1 amide bonds. The van der Waals surface area contributed by atoms with Crippen LogP contribution in [0.2, 0.25) is 0 Å². The van der Waals surface area contributed by atoms with E-state index in [4.69, 9.17) is 14.5 Å². The van der Waals surface area contributed by atoms with Crippen LogP contribution in [0.1, 0.15) is 61.1 Å². The van der Waals surface area contributed by atoms with Crippen LogP contribution in [0.4, 0.5) is 4.39 Å². The predicted octanol–water partition coefficient (Wildman–Crippen LogP) is 3.97. The molecule has 2 aliphatic rings. The minimum Gasteiger partial charge on any atom is -0.489 e. The highest BCUT2D eigenvalue weighted by Crippen LogP contribution is 2.46. The first-order valence-corrected chi connectivity index (χ1v) is 15.3. The van der Waals surface area contributed by atoms with Gasteiger partial charge in [0, 0.05) is 41.2 Å². The molecule has 10 nitrogen and oxygen atoms in total. The summed E-state index contributed by atoms with van der Waals surface area (Å²) >= 11 is 0. The number of hydrogen-bond acceptors (Lipinski definition) is 9. The van der Waals surface area contributed by atoms with Crippen molar-refractivity contribution in [3.8, 4) is 22.8 Å². The van der Waals surface area contributed by atoms with Gasteiger partial charge in [-0.2, -0.15) is 0 Å². The van der Waals surface area contributed by atoms with Crippen molar-refractivity contribution in [2.45, 2.75) is 62.8 Å². The molecule has 3 atom stereocenters. The number of nitrogens with zero attached hydrogens (tertiary/aromatic N) is 2. The Morgan fingerprint density at radius 2 is 1.96 bits per heavy atom. The highest BCUT2D eigenvalue weighted by molar-refractivity contribution is 6.01. The van der Waals surface area contributed by atoms with Gasteiger partial charge in [0.15, 0.2) is 5.78 Å². The molecule has 240 valence electrons. The summed E-state index contributed by atoms with van der Waals surface area (Å²) in [4.78, 5) is 36.1. The van der Waals surface area contributed by atoms with E-state index in [9.17, 15) is 29.3 Å². The Morgan fingerprint density at radius 1 is 1.20 bits per heavy atom. The van der Waals surface area contributed by atoms with Gasteiger partial charge in [0.1, 0.15) is 46.1 Å². The number of amides is 1. The molecule has 1 aliphatic carbocycles. The molecule has 4 aromatic rings. The van der Waals surface area contributed by atoms with Crippen LogP contribution in [-0.2, 0) is 15.8 Å². The largest absolute Gasteiger partial charge is 0.489 e. The second-order valence-corrected chi connectivity index (χ2v) is 12.5. The summed E-state index contributed by atoms with van der Waals surface area (Å²) in [6.07, 6.45) is 2.58. The molecule has 0 spiro atoms. The fraction of sp³-hybridized carbons (Fsp3) is 0.371. The van der Waals surface area contributed by atoms with E-state index < -0.39 is 35.5 Å². The molecular formula is C35H36FN3O7. The number of ether oxygens (including phenoxy) is 2. The molecule has 11 heteroatoms. The molecular weight excluding hydrogens is 593 g/mol. The monoisotopic (exact) mass is 629 g/mol.